The molecule has 4 rings (SSSR count). The summed E-state index contributed by atoms with van der Waals surface area (Å²) in [7, 11) is 1.49. The monoisotopic (exact) mass is 462 g/mol. The van der Waals surface area contributed by atoms with E-state index in [1.54, 1.807) is 30.3 Å². The number of ether oxygens (including phenoxy) is 1. The molecule has 2 aliphatic rings. The van der Waals surface area contributed by atoms with Crippen LogP contribution in [-0.2, 0) is 11.0 Å². The average molecular weight is 462 g/mol. The summed E-state index contributed by atoms with van der Waals surface area (Å²) in [6.45, 7) is 0.385. The van der Waals surface area contributed by atoms with E-state index in [0.29, 0.717) is 48.8 Å². The van der Waals surface area contributed by atoms with Crippen LogP contribution in [-0.4, -0.2) is 36.4 Å². The molecule has 1 saturated heterocycles. The topological polar surface area (TPSA) is 58.6 Å². The van der Waals surface area contributed by atoms with Gasteiger partial charge in [0.25, 0.3) is 5.91 Å². The minimum atomic E-state index is -4.66. The molecular formula is C24H22F4N2O3. The molecule has 0 bridgehead atoms. The van der Waals surface area contributed by atoms with Crippen LogP contribution in [0.2, 0.25) is 0 Å². The number of nitrogens with one attached hydrogen (secondary N) is 1. The molecule has 0 radical (unpaired) electrons. The van der Waals surface area contributed by atoms with E-state index in [1.807, 2.05) is 0 Å². The van der Waals surface area contributed by atoms with Crippen LogP contribution in [0.4, 0.5) is 17.6 Å². The second-order valence-electron chi connectivity index (χ2n) is 8.05. The van der Waals surface area contributed by atoms with Crippen LogP contribution in [0.1, 0.15) is 46.8 Å². The summed E-state index contributed by atoms with van der Waals surface area (Å²) in [5, 5.41) is 2.75. The number of carbonyl (C=O) groups is 2. The Bertz CT molecular complexity index is 1110. The van der Waals surface area contributed by atoms with Gasteiger partial charge < -0.3 is 15.0 Å². The van der Waals surface area contributed by atoms with Crippen molar-refractivity contribution in [1.82, 2.24) is 10.2 Å². The van der Waals surface area contributed by atoms with Gasteiger partial charge in [0.15, 0.2) is 0 Å². The highest BCUT2D eigenvalue weighted by atomic mass is 19.4. The second kappa shape index (κ2) is 8.88. The summed E-state index contributed by atoms with van der Waals surface area (Å²) in [5.74, 6) is -1.33. The van der Waals surface area contributed by atoms with Gasteiger partial charge in [0, 0.05) is 17.7 Å². The lowest BCUT2D eigenvalue weighted by molar-refractivity contribution is -0.137. The molecule has 0 unspecified atom stereocenters. The maximum atomic E-state index is 14.6. The molecule has 174 valence electrons. The van der Waals surface area contributed by atoms with E-state index < -0.39 is 35.5 Å². The number of likely N-dealkylation sites (tertiary alicyclic amines) is 1. The Kier molecular flexibility index (Phi) is 6.14. The number of rotatable bonds is 6. The highest BCUT2D eigenvalue weighted by molar-refractivity contribution is 5.98. The van der Waals surface area contributed by atoms with Crippen LogP contribution < -0.4 is 10.1 Å². The SMILES string of the molecule is COc1cccc(C(=O)N2CCC[C@@H]2C(=O)N[C@H](C2=CC2)c2ccc(C(F)(F)F)cc2F)c1. The molecule has 0 aromatic heterocycles. The Morgan fingerprint density at radius 3 is 2.58 bits per heavy atom. The van der Waals surface area contributed by atoms with E-state index in [0.717, 1.165) is 12.1 Å². The molecule has 1 aliphatic carbocycles. The van der Waals surface area contributed by atoms with Gasteiger partial charge in [0.05, 0.1) is 18.7 Å². The Morgan fingerprint density at radius 2 is 1.94 bits per heavy atom. The van der Waals surface area contributed by atoms with Gasteiger partial charge in [-0.2, -0.15) is 13.2 Å². The summed E-state index contributed by atoms with van der Waals surface area (Å²) < 4.78 is 58.4. The van der Waals surface area contributed by atoms with Gasteiger partial charge >= 0.3 is 6.18 Å². The number of nitrogens with zero attached hydrogens (tertiary/aromatic N) is 1. The zero-order chi connectivity index (χ0) is 23.8. The number of methoxy groups -OCH3 is 1. The Labute approximate surface area is 188 Å². The third kappa shape index (κ3) is 4.86. The molecule has 1 aliphatic heterocycles. The fourth-order valence-electron chi connectivity index (χ4n) is 4.05. The normalized spacial score (nSPS) is 18.5. The van der Waals surface area contributed by atoms with Gasteiger partial charge in [-0.05, 0) is 55.2 Å². The lowest BCUT2D eigenvalue weighted by Gasteiger charge is -2.27. The van der Waals surface area contributed by atoms with Crippen molar-refractivity contribution in [3.63, 3.8) is 0 Å². The van der Waals surface area contributed by atoms with E-state index in [4.69, 9.17) is 4.74 Å². The number of allylic oxidation sites excluding steroid dienone is 1. The van der Waals surface area contributed by atoms with Gasteiger partial charge in [-0.15, -0.1) is 0 Å². The molecule has 33 heavy (non-hydrogen) atoms. The highest BCUT2D eigenvalue weighted by Crippen LogP contribution is 2.37. The van der Waals surface area contributed by atoms with E-state index >= 15 is 0 Å². The predicted octanol–water partition coefficient (Wildman–Crippen LogP) is 4.65. The van der Waals surface area contributed by atoms with Crippen LogP contribution in [0.5, 0.6) is 5.75 Å². The first-order valence-electron chi connectivity index (χ1n) is 10.5. The fourth-order valence-corrected chi connectivity index (χ4v) is 4.05. The van der Waals surface area contributed by atoms with Gasteiger partial charge in [-0.1, -0.05) is 18.2 Å². The predicted molar refractivity (Wildman–Crippen MR) is 112 cm³/mol. The molecule has 2 amide bonds. The quantitative estimate of drug-likeness (QED) is 0.503. The number of carbonyl (C=O) groups excluding carboxylic acids is 2. The van der Waals surface area contributed by atoms with Crippen molar-refractivity contribution < 1.29 is 31.9 Å². The lowest BCUT2D eigenvalue weighted by Crippen LogP contribution is -2.47. The molecule has 0 spiro atoms. The van der Waals surface area contributed by atoms with Crippen molar-refractivity contribution in [3.05, 3.63) is 76.6 Å². The molecule has 1 heterocycles. The summed E-state index contributed by atoms with van der Waals surface area (Å²) in [5.41, 5.74) is -0.0387. The molecule has 0 saturated carbocycles. The molecule has 2 atom stereocenters. The molecule has 2 aromatic carbocycles. The van der Waals surface area contributed by atoms with Crippen molar-refractivity contribution in [2.24, 2.45) is 0 Å². The third-order valence-corrected chi connectivity index (χ3v) is 5.87. The molecule has 5 nitrogen and oxygen atoms in total. The summed E-state index contributed by atoms with van der Waals surface area (Å²) in [6, 6.07) is 7.25. The van der Waals surface area contributed by atoms with Crippen LogP contribution in [0.15, 0.2) is 54.1 Å². The first-order valence-corrected chi connectivity index (χ1v) is 10.5. The smallest absolute Gasteiger partial charge is 0.416 e. The van der Waals surface area contributed by atoms with Gasteiger partial charge in [0.2, 0.25) is 5.91 Å². The van der Waals surface area contributed by atoms with E-state index in [-0.39, 0.29) is 11.5 Å². The van der Waals surface area contributed by atoms with Crippen molar-refractivity contribution in [1.29, 1.82) is 0 Å². The fraction of sp³-hybridized carbons (Fsp3) is 0.333. The number of halogens is 4. The average Bonchev–Trinajstić information content (AvgIpc) is 3.51. The Hall–Kier alpha value is -3.36. The van der Waals surface area contributed by atoms with E-state index in [2.05, 4.69) is 5.32 Å². The Balaban J connectivity index is 1.53. The number of hydrogen-bond donors (Lipinski definition) is 1. The summed E-state index contributed by atoms with van der Waals surface area (Å²) in [4.78, 5) is 27.6. The molecule has 9 heteroatoms. The highest BCUT2D eigenvalue weighted by Gasteiger charge is 2.38. The molecule has 1 N–H and O–H groups in total. The second-order valence-corrected chi connectivity index (χ2v) is 8.05. The number of benzene rings is 2. The number of amides is 2. The molecular weight excluding hydrogens is 440 g/mol. The van der Waals surface area contributed by atoms with Crippen molar-refractivity contribution in [3.8, 4) is 5.75 Å². The van der Waals surface area contributed by atoms with Crippen LogP contribution in [0.3, 0.4) is 0 Å². The van der Waals surface area contributed by atoms with Gasteiger partial charge in [0.1, 0.15) is 17.6 Å². The van der Waals surface area contributed by atoms with E-state index in [1.165, 1.54) is 12.0 Å². The summed E-state index contributed by atoms with van der Waals surface area (Å²) >= 11 is 0. The van der Waals surface area contributed by atoms with Crippen molar-refractivity contribution in [2.75, 3.05) is 13.7 Å². The first-order chi connectivity index (χ1) is 15.7. The van der Waals surface area contributed by atoms with Crippen molar-refractivity contribution >= 4 is 11.8 Å². The van der Waals surface area contributed by atoms with E-state index in [9.17, 15) is 27.2 Å². The van der Waals surface area contributed by atoms with Gasteiger partial charge in [-0.3, -0.25) is 9.59 Å². The van der Waals surface area contributed by atoms with Crippen LogP contribution in [0.25, 0.3) is 0 Å². The zero-order valence-corrected chi connectivity index (χ0v) is 17.8. The van der Waals surface area contributed by atoms with Crippen LogP contribution in [0, 0.1) is 5.82 Å². The Morgan fingerprint density at radius 1 is 1.18 bits per heavy atom. The van der Waals surface area contributed by atoms with Crippen LogP contribution >= 0.6 is 0 Å². The first kappa shape index (κ1) is 22.8. The third-order valence-electron chi connectivity index (χ3n) is 5.87. The largest absolute Gasteiger partial charge is 0.497 e. The maximum absolute atomic E-state index is 14.6. The molecule has 1 fully saturated rings. The minimum Gasteiger partial charge on any atom is -0.497 e. The standard InChI is InChI=1S/C24H22F4N2O3/c1-33-17-5-2-4-15(12-17)23(32)30-11-3-6-20(30)22(31)29-21(14-7-8-14)18-10-9-16(13-19(18)25)24(26,27)28/h2,4-5,7,9-10,12-13,20-21H,3,6,8,11H2,1H3,(H,29,31)/t20-,21-/m1/s1. The zero-order valence-electron chi connectivity index (χ0n) is 17.8. The number of hydrogen-bond acceptors (Lipinski definition) is 3. The lowest BCUT2D eigenvalue weighted by atomic mass is 10.0. The maximum Gasteiger partial charge on any atom is 0.416 e. The molecule has 2 aromatic rings. The van der Waals surface area contributed by atoms with Gasteiger partial charge in [-0.25, -0.2) is 4.39 Å². The number of alkyl halides is 3. The minimum absolute atomic E-state index is 0.0382. The van der Waals surface area contributed by atoms with Crippen molar-refractivity contribution in [2.45, 2.75) is 37.5 Å². The summed E-state index contributed by atoms with van der Waals surface area (Å²) in [6.07, 6.45) is -1.31.